The molecular weight excluding hydrogens is 250 g/mol. The number of hydrogen-bond acceptors (Lipinski definition) is 3. The van der Waals surface area contributed by atoms with E-state index in [1.807, 2.05) is 6.07 Å². The van der Waals surface area contributed by atoms with Crippen LogP contribution in [0.2, 0.25) is 0 Å². The number of nitrogens with one attached hydrogen (secondary N) is 1. The van der Waals surface area contributed by atoms with E-state index in [1.54, 1.807) is 31.5 Å². The largest absolute Gasteiger partial charge is 0.480 e. The van der Waals surface area contributed by atoms with Gasteiger partial charge >= 0.3 is 0 Å². The van der Waals surface area contributed by atoms with Crippen LogP contribution in [0.4, 0.5) is 14.5 Å². The second kappa shape index (κ2) is 6.13. The summed E-state index contributed by atoms with van der Waals surface area (Å²) in [5, 5.41) is 3.15. The molecular formula is C14H14F2N2O. The van der Waals surface area contributed by atoms with E-state index in [9.17, 15) is 8.78 Å². The highest BCUT2D eigenvalue weighted by molar-refractivity contribution is 5.52. The number of pyridine rings is 1. The van der Waals surface area contributed by atoms with E-state index in [0.29, 0.717) is 12.4 Å². The molecule has 0 aliphatic carbocycles. The van der Waals surface area contributed by atoms with Crippen LogP contribution < -0.4 is 10.1 Å². The maximum absolute atomic E-state index is 12.4. The van der Waals surface area contributed by atoms with Crippen molar-refractivity contribution in [2.45, 2.75) is 13.0 Å². The SMILES string of the molecule is COc1ncccc1NCc1ccc(C(F)F)cc1. The molecule has 0 bridgehead atoms. The Hall–Kier alpha value is -2.17. The first-order chi connectivity index (χ1) is 9.20. The monoisotopic (exact) mass is 264 g/mol. The minimum Gasteiger partial charge on any atom is -0.480 e. The van der Waals surface area contributed by atoms with Crippen molar-refractivity contribution in [2.75, 3.05) is 12.4 Å². The molecule has 0 saturated carbocycles. The van der Waals surface area contributed by atoms with Crippen LogP contribution in [0, 0.1) is 0 Å². The molecule has 0 amide bonds. The Morgan fingerprint density at radius 3 is 2.58 bits per heavy atom. The minimum atomic E-state index is -2.43. The van der Waals surface area contributed by atoms with Crippen LogP contribution in [0.15, 0.2) is 42.6 Å². The zero-order valence-electron chi connectivity index (χ0n) is 10.4. The molecule has 19 heavy (non-hydrogen) atoms. The standard InChI is InChI=1S/C14H14F2N2O/c1-19-14-12(3-2-8-17-14)18-9-10-4-6-11(7-5-10)13(15)16/h2-8,13,18H,9H2,1H3. The van der Waals surface area contributed by atoms with Gasteiger partial charge in [0, 0.05) is 18.3 Å². The number of hydrogen-bond donors (Lipinski definition) is 1. The number of benzene rings is 1. The van der Waals surface area contributed by atoms with Crippen LogP contribution in [-0.2, 0) is 6.54 Å². The zero-order valence-corrected chi connectivity index (χ0v) is 10.4. The molecule has 1 aromatic carbocycles. The lowest BCUT2D eigenvalue weighted by Crippen LogP contribution is -2.02. The van der Waals surface area contributed by atoms with E-state index < -0.39 is 6.43 Å². The second-order valence-electron chi connectivity index (χ2n) is 3.96. The molecule has 1 N–H and O–H groups in total. The van der Waals surface area contributed by atoms with Crippen molar-refractivity contribution in [3.8, 4) is 5.88 Å². The van der Waals surface area contributed by atoms with Gasteiger partial charge < -0.3 is 10.1 Å². The lowest BCUT2D eigenvalue weighted by Gasteiger charge is -2.10. The average Bonchev–Trinajstić information content (AvgIpc) is 2.45. The van der Waals surface area contributed by atoms with Gasteiger partial charge in [0.1, 0.15) is 0 Å². The average molecular weight is 264 g/mol. The minimum absolute atomic E-state index is 0.0303. The molecule has 1 aromatic heterocycles. The first kappa shape index (κ1) is 13.3. The van der Waals surface area contributed by atoms with Gasteiger partial charge in [-0.3, -0.25) is 0 Å². The first-order valence-corrected chi connectivity index (χ1v) is 5.80. The van der Waals surface area contributed by atoms with Crippen LogP contribution in [0.25, 0.3) is 0 Å². The normalized spacial score (nSPS) is 10.5. The van der Waals surface area contributed by atoms with Gasteiger partial charge in [-0.1, -0.05) is 24.3 Å². The van der Waals surface area contributed by atoms with Gasteiger partial charge in [0.2, 0.25) is 5.88 Å². The Labute approximate surface area is 110 Å². The van der Waals surface area contributed by atoms with Crippen LogP contribution in [-0.4, -0.2) is 12.1 Å². The van der Waals surface area contributed by atoms with Gasteiger partial charge in [0.15, 0.2) is 0 Å². The van der Waals surface area contributed by atoms with E-state index in [-0.39, 0.29) is 5.56 Å². The summed E-state index contributed by atoms with van der Waals surface area (Å²) < 4.78 is 29.9. The molecule has 0 aliphatic rings. The second-order valence-corrected chi connectivity index (χ2v) is 3.96. The molecule has 0 saturated heterocycles. The van der Waals surface area contributed by atoms with Gasteiger partial charge in [0.25, 0.3) is 6.43 Å². The summed E-state index contributed by atoms with van der Waals surface area (Å²) in [6.07, 6.45) is -0.790. The van der Waals surface area contributed by atoms with Gasteiger partial charge in [-0.05, 0) is 17.7 Å². The Morgan fingerprint density at radius 2 is 1.95 bits per heavy atom. The highest BCUT2D eigenvalue weighted by atomic mass is 19.3. The third-order valence-electron chi connectivity index (χ3n) is 2.68. The molecule has 0 unspecified atom stereocenters. The molecule has 2 aromatic rings. The van der Waals surface area contributed by atoms with E-state index in [4.69, 9.17) is 4.74 Å². The number of rotatable bonds is 5. The van der Waals surface area contributed by atoms with Crippen molar-refractivity contribution in [3.05, 3.63) is 53.7 Å². The van der Waals surface area contributed by atoms with E-state index in [1.165, 1.54) is 12.1 Å². The molecule has 0 aliphatic heterocycles. The summed E-state index contributed by atoms with van der Waals surface area (Å²) in [4.78, 5) is 4.06. The number of methoxy groups -OCH3 is 1. The molecule has 0 atom stereocenters. The number of ether oxygens (including phenoxy) is 1. The fourth-order valence-corrected chi connectivity index (χ4v) is 1.67. The lowest BCUT2D eigenvalue weighted by molar-refractivity contribution is 0.151. The van der Waals surface area contributed by atoms with E-state index >= 15 is 0 Å². The van der Waals surface area contributed by atoms with Crippen LogP contribution >= 0.6 is 0 Å². The highest BCUT2D eigenvalue weighted by Gasteiger charge is 2.06. The third-order valence-corrected chi connectivity index (χ3v) is 2.68. The molecule has 0 fully saturated rings. The molecule has 100 valence electrons. The molecule has 2 rings (SSSR count). The van der Waals surface area contributed by atoms with Gasteiger partial charge in [0.05, 0.1) is 12.8 Å². The molecule has 3 nitrogen and oxygen atoms in total. The van der Waals surface area contributed by atoms with E-state index in [2.05, 4.69) is 10.3 Å². The number of anilines is 1. The van der Waals surface area contributed by atoms with Crippen LogP contribution in [0.1, 0.15) is 17.6 Å². The lowest BCUT2D eigenvalue weighted by atomic mass is 10.1. The van der Waals surface area contributed by atoms with Gasteiger partial charge in [-0.2, -0.15) is 0 Å². The van der Waals surface area contributed by atoms with Crippen molar-refractivity contribution in [3.63, 3.8) is 0 Å². The Kier molecular flexibility index (Phi) is 4.28. The van der Waals surface area contributed by atoms with Crippen molar-refractivity contribution >= 4 is 5.69 Å². The van der Waals surface area contributed by atoms with Crippen molar-refractivity contribution < 1.29 is 13.5 Å². The van der Waals surface area contributed by atoms with Crippen molar-refractivity contribution in [1.82, 2.24) is 4.98 Å². The Bertz CT molecular complexity index is 529. The molecule has 5 heteroatoms. The zero-order chi connectivity index (χ0) is 13.7. The van der Waals surface area contributed by atoms with E-state index in [0.717, 1.165) is 11.3 Å². The van der Waals surface area contributed by atoms with Crippen LogP contribution in [0.5, 0.6) is 5.88 Å². The summed E-state index contributed by atoms with van der Waals surface area (Å²) in [6, 6.07) is 9.86. The van der Waals surface area contributed by atoms with Crippen molar-refractivity contribution in [1.29, 1.82) is 0 Å². The number of alkyl halides is 2. The number of nitrogens with zero attached hydrogens (tertiary/aromatic N) is 1. The highest BCUT2D eigenvalue weighted by Crippen LogP contribution is 2.22. The number of aromatic nitrogens is 1. The van der Waals surface area contributed by atoms with Crippen LogP contribution in [0.3, 0.4) is 0 Å². The molecule has 1 heterocycles. The van der Waals surface area contributed by atoms with Gasteiger partial charge in [-0.15, -0.1) is 0 Å². The fraction of sp³-hybridized carbons (Fsp3) is 0.214. The summed E-state index contributed by atoms with van der Waals surface area (Å²) in [7, 11) is 1.55. The van der Waals surface area contributed by atoms with Gasteiger partial charge in [-0.25, -0.2) is 13.8 Å². The van der Waals surface area contributed by atoms with Crippen molar-refractivity contribution in [2.24, 2.45) is 0 Å². The maximum Gasteiger partial charge on any atom is 0.263 e. The summed E-state index contributed by atoms with van der Waals surface area (Å²) in [5.41, 5.74) is 1.71. The Balaban J connectivity index is 2.02. The maximum atomic E-state index is 12.4. The third kappa shape index (κ3) is 3.40. The fourth-order valence-electron chi connectivity index (χ4n) is 1.67. The first-order valence-electron chi connectivity index (χ1n) is 5.80. The quantitative estimate of drug-likeness (QED) is 0.895. The number of halogens is 2. The molecule has 0 spiro atoms. The molecule has 0 radical (unpaired) electrons. The Morgan fingerprint density at radius 1 is 1.21 bits per heavy atom. The predicted molar refractivity (Wildman–Crippen MR) is 69.5 cm³/mol. The predicted octanol–water partition coefficient (Wildman–Crippen LogP) is 3.64. The summed E-state index contributed by atoms with van der Waals surface area (Å²) in [5.74, 6) is 0.506. The smallest absolute Gasteiger partial charge is 0.263 e. The summed E-state index contributed by atoms with van der Waals surface area (Å²) in [6.45, 7) is 0.519. The topological polar surface area (TPSA) is 34.1 Å². The summed E-state index contributed by atoms with van der Waals surface area (Å²) >= 11 is 0.